The Morgan fingerprint density at radius 2 is 1.67 bits per heavy atom. The maximum atomic E-state index is 12.7. The molecule has 0 spiro atoms. The lowest BCUT2D eigenvalue weighted by atomic mass is 10.1. The Balaban J connectivity index is 1.38. The third-order valence-electron chi connectivity index (χ3n) is 5.71. The van der Waals surface area contributed by atoms with Crippen LogP contribution in [0.2, 0.25) is 0 Å². The van der Waals surface area contributed by atoms with Gasteiger partial charge < -0.3 is 11.1 Å². The van der Waals surface area contributed by atoms with Gasteiger partial charge >= 0.3 is 0 Å². The van der Waals surface area contributed by atoms with E-state index in [0.29, 0.717) is 17.2 Å². The largest absolute Gasteiger partial charge is 0.375 e. The van der Waals surface area contributed by atoms with Gasteiger partial charge in [0.2, 0.25) is 0 Å². The van der Waals surface area contributed by atoms with Crippen molar-refractivity contribution in [1.29, 1.82) is 0 Å². The highest BCUT2D eigenvalue weighted by Crippen LogP contribution is 2.24. The van der Waals surface area contributed by atoms with Crippen molar-refractivity contribution in [3.8, 4) is 11.3 Å². The normalized spacial score (nSPS) is 11.9. The van der Waals surface area contributed by atoms with E-state index in [2.05, 4.69) is 70.7 Å². The molecule has 168 valence electrons. The molecule has 4 rings (SSSR count). The van der Waals surface area contributed by atoms with Gasteiger partial charge in [0.05, 0.1) is 5.69 Å². The first kappa shape index (κ1) is 22.7. The number of carbonyl (C=O) groups is 1. The number of nitrogens with zero attached hydrogens (tertiary/aromatic N) is 2. The van der Waals surface area contributed by atoms with Gasteiger partial charge in [0.1, 0.15) is 0 Å². The van der Waals surface area contributed by atoms with E-state index in [1.54, 1.807) is 0 Å². The molecule has 1 atom stereocenters. The van der Waals surface area contributed by atoms with Gasteiger partial charge in [0.15, 0.2) is 5.13 Å². The van der Waals surface area contributed by atoms with Crippen LogP contribution in [0.5, 0.6) is 0 Å². The van der Waals surface area contributed by atoms with E-state index in [0.717, 1.165) is 24.3 Å². The molecule has 1 aromatic heterocycles. The summed E-state index contributed by atoms with van der Waals surface area (Å²) < 4.78 is 0. The van der Waals surface area contributed by atoms with Crippen molar-refractivity contribution >= 4 is 22.4 Å². The number of carbonyl (C=O) groups excluding carboxylic acids is 1. The number of nitrogens with two attached hydrogens (primary N) is 1. The quantitative estimate of drug-likeness (QED) is 0.354. The molecule has 3 aromatic carbocycles. The summed E-state index contributed by atoms with van der Waals surface area (Å²) >= 11 is 1.41. The molecule has 4 aromatic rings. The van der Waals surface area contributed by atoms with E-state index in [1.807, 2.05) is 41.8 Å². The van der Waals surface area contributed by atoms with Crippen LogP contribution in [-0.2, 0) is 6.54 Å². The first-order chi connectivity index (χ1) is 16.1. The molecule has 0 unspecified atom stereocenters. The zero-order valence-corrected chi connectivity index (χ0v) is 19.5. The van der Waals surface area contributed by atoms with Gasteiger partial charge in [-0.05, 0) is 30.2 Å². The summed E-state index contributed by atoms with van der Waals surface area (Å²) in [7, 11) is 0. The topological polar surface area (TPSA) is 71.2 Å². The molecule has 1 amide bonds. The van der Waals surface area contributed by atoms with Crippen molar-refractivity contribution in [2.75, 3.05) is 18.8 Å². The number of amides is 1. The van der Waals surface area contributed by atoms with Crippen molar-refractivity contribution < 1.29 is 4.79 Å². The Bertz CT molecular complexity index is 1160. The number of thiazole rings is 1. The lowest BCUT2D eigenvalue weighted by Gasteiger charge is -2.29. The van der Waals surface area contributed by atoms with E-state index in [1.165, 1.54) is 22.5 Å². The maximum Gasteiger partial charge on any atom is 0.251 e. The fourth-order valence-corrected chi connectivity index (χ4v) is 4.37. The Kier molecular flexibility index (Phi) is 7.50. The van der Waals surface area contributed by atoms with E-state index in [9.17, 15) is 4.79 Å². The van der Waals surface area contributed by atoms with Crippen molar-refractivity contribution in [3.05, 3.63) is 107 Å². The SMILES string of the molecule is C[C@@H](c1ccccc1)N(CCNC(=O)c1ccc(-c2csc(N)n2)cc1)Cc1ccccc1. The third-order valence-corrected chi connectivity index (χ3v) is 6.38. The summed E-state index contributed by atoms with van der Waals surface area (Å²) in [4.78, 5) is 19.4. The molecular formula is C27H28N4OS. The Morgan fingerprint density at radius 3 is 2.30 bits per heavy atom. The van der Waals surface area contributed by atoms with Gasteiger partial charge in [-0.1, -0.05) is 72.8 Å². The van der Waals surface area contributed by atoms with Crippen molar-refractivity contribution in [2.24, 2.45) is 0 Å². The number of anilines is 1. The zero-order valence-electron chi connectivity index (χ0n) is 18.6. The van der Waals surface area contributed by atoms with Crippen LogP contribution in [0.4, 0.5) is 5.13 Å². The molecule has 0 radical (unpaired) electrons. The van der Waals surface area contributed by atoms with Crippen molar-refractivity contribution in [3.63, 3.8) is 0 Å². The summed E-state index contributed by atoms with van der Waals surface area (Å²) in [6, 6.07) is 28.6. The molecule has 3 N–H and O–H groups in total. The minimum absolute atomic E-state index is 0.0774. The molecule has 5 nitrogen and oxygen atoms in total. The molecule has 6 heteroatoms. The Hall–Kier alpha value is -3.48. The minimum Gasteiger partial charge on any atom is -0.375 e. The molecule has 0 aliphatic carbocycles. The first-order valence-corrected chi connectivity index (χ1v) is 11.9. The van der Waals surface area contributed by atoms with Crippen LogP contribution in [0.1, 0.15) is 34.5 Å². The molecule has 0 bridgehead atoms. The summed E-state index contributed by atoms with van der Waals surface area (Å²) in [5.41, 5.74) is 10.6. The second kappa shape index (κ2) is 10.9. The standard InChI is InChI=1S/C27H28N4OS/c1-20(22-10-6-3-7-11-22)31(18-21-8-4-2-5-9-21)17-16-29-26(32)24-14-12-23(13-15-24)25-19-33-27(28)30-25/h2-15,19-20H,16-18H2,1H3,(H2,28,30)(H,29,32)/t20-/m0/s1. The van der Waals surface area contributed by atoms with E-state index in [4.69, 9.17) is 5.73 Å². The monoisotopic (exact) mass is 456 g/mol. The number of hydrogen-bond acceptors (Lipinski definition) is 5. The highest BCUT2D eigenvalue weighted by molar-refractivity contribution is 7.13. The molecule has 0 saturated heterocycles. The fraction of sp³-hybridized carbons (Fsp3) is 0.185. The van der Waals surface area contributed by atoms with Crippen LogP contribution in [0.15, 0.2) is 90.3 Å². The molecule has 0 saturated carbocycles. The second-order valence-corrected chi connectivity index (χ2v) is 8.84. The predicted octanol–water partition coefficient (Wildman–Crippen LogP) is 5.39. The number of rotatable bonds is 9. The zero-order chi connectivity index (χ0) is 23.0. The lowest BCUT2D eigenvalue weighted by Crippen LogP contribution is -2.36. The van der Waals surface area contributed by atoms with Gasteiger partial charge in [-0.15, -0.1) is 11.3 Å². The summed E-state index contributed by atoms with van der Waals surface area (Å²) in [6.07, 6.45) is 0. The van der Waals surface area contributed by atoms with Gasteiger partial charge in [-0.2, -0.15) is 0 Å². The van der Waals surface area contributed by atoms with Crippen LogP contribution in [0.25, 0.3) is 11.3 Å². The predicted molar refractivity (Wildman–Crippen MR) is 136 cm³/mol. The average Bonchev–Trinajstić information content (AvgIpc) is 3.30. The van der Waals surface area contributed by atoms with Gasteiger partial charge in [-0.3, -0.25) is 9.69 Å². The van der Waals surface area contributed by atoms with Gasteiger partial charge in [-0.25, -0.2) is 4.98 Å². The first-order valence-electron chi connectivity index (χ1n) is 11.0. The Labute approximate surface area is 198 Å². The molecular weight excluding hydrogens is 428 g/mol. The number of nitrogens with one attached hydrogen (secondary N) is 1. The highest BCUT2D eigenvalue weighted by atomic mass is 32.1. The van der Waals surface area contributed by atoms with Crippen molar-refractivity contribution in [2.45, 2.75) is 19.5 Å². The number of benzene rings is 3. The van der Waals surface area contributed by atoms with Gasteiger partial charge in [0, 0.05) is 42.2 Å². The lowest BCUT2D eigenvalue weighted by molar-refractivity contribution is 0.0943. The van der Waals surface area contributed by atoms with Gasteiger partial charge in [0.25, 0.3) is 5.91 Å². The average molecular weight is 457 g/mol. The van der Waals surface area contributed by atoms with E-state index < -0.39 is 0 Å². The van der Waals surface area contributed by atoms with E-state index in [-0.39, 0.29) is 11.9 Å². The molecule has 0 aliphatic heterocycles. The number of hydrogen-bond donors (Lipinski definition) is 2. The maximum absolute atomic E-state index is 12.7. The van der Waals surface area contributed by atoms with Crippen LogP contribution in [-0.4, -0.2) is 28.9 Å². The summed E-state index contributed by atoms with van der Waals surface area (Å²) in [5, 5.41) is 5.53. The second-order valence-electron chi connectivity index (χ2n) is 7.95. The molecule has 1 heterocycles. The highest BCUT2D eigenvalue weighted by Gasteiger charge is 2.16. The molecule has 33 heavy (non-hydrogen) atoms. The molecule has 0 fully saturated rings. The van der Waals surface area contributed by atoms with Crippen LogP contribution in [0.3, 0.4) is 0 Å². The summed E-state index contributed by atoms with van der Waals surface area (Å²) in [6.45, 7) is 4.34. The molecule has 0 aliphatic rings. The smallest absolute Gasteiger partial charge is 0.251 e. The van der Waals surface area contributed by atoms with Crippen molar-refractivity contribution in [1.82, 2.24) is 15.2 Å². The van der Waals surface area contributed by atoms with Crippen LogP contribution in [0, 0.1) is 0 Å². The van der Waals surface area contributed by atoms with Crippen LogP contribution < -0.4 is 11.1 Å². The number of aromatic nitrogens is 1. The minimum atomic E-state index is -0.0774. The fourth-order valence-electron chi connectivity index (χ4n) is 3.80. The van der Waals surface area contributed by atoms with Crippen LogP contribution >= 0.6 is 11.3 Å². The Morgan fingerprint density at radius 1 is 1.00 bits per heavy atom. The number of nitrogen functional groups attached to an aromatic ring is 1. The third kappa shape index (κ3) is 6.06. The summed E-state index contributed by atoms with van der Waals surface area (Å²) in [5.74, 6) is -0.0774. The van der Waals surface area contributed by atoms with E-state index >= 15 is 0 Å².